The number of Topliss-reactive ketones (excluding diaryl/α,β-unsaturated/α-hetero) is 1. The highest BCUT2D eigenvalue weighted by Gasteiger charge is 2.25. The number of para-hydroxylation sites is 1. The molecule has 2 aliphatic rings. The second-order valence-corrected chi connectivity index (χ2v) is 5.50. The Morgan fingerprint density at radius 3 is 2.85 bits per heavy atom. The summed E-state index contributed by atoms with van der Waals surface area (Å²) in [5, 5.41) is 6.58. The third kappa shape index (κ3) is 2.84. The number of amidine groups is 1. The molecule has 1 aromatic carbocycles. The molecule has 3 rings (SSSR count). The fraction of sp³-hybridized carbons (Fsp3) is 0.500. The monoisotopic (exact) mass is 271 g/mol. The maximum atomic E-state index is 12.6. The fourth-order valence-corrected chi connectivity index (χ4v) is 3.00. The molecule has 0 unspecified atom stereocenters. The van der Waals surface area contributed by atoms with Crippen LogP contribution in [0.25, 0.3) is 0 Å². The Labute approximate surface area is 119 Å². The first kappa shape index (κ1) is 13.2. The van der Waals surface area contributed by atoms with Crippen molar-refractivity contribution in [3.63, 3.8) is 0 Å². The summed E-state index contributed by atoms with van der Waals surface area (Å²) in [7, 11) is 0. The number of benzene rings is 1. The molecule has 0 atom stereocenters. The van der Waals surface area contributed by atoms with E-state index in [1.165, 1.54) is 12.8 Å². The molecule has 4 nitrogen and oxygen atoms in total. The molecule has 0 aromatic heterocycles. The van der Waals surface area contributed by atoms with Gasteiger partial charge < -0.3 is 10.6 Å². The van der Waals surface area contributed by atoms with Gasteiger partial charge in [0.05, 0.1) is 13.1 Å². The van der Waals surface area contributed by atoms with Crippen molar-refractivity contribution in [3.8, 4) is 0 Å². The van der Waals surface area contributed by atoms with Crippen molar-refractivity contribution in [1.82, 2.24) is 5.32 Å². The molecule has 1 fully saturated rings. The van der Waals surface area contributed by atoms with Gasteiger partial charge in [-0.05, 0) is 25.0 Å². The van der Waals surface area contributed by atoms with Crippen LogP contribution in [0, 0.1) is 5.92 Å². The van der Waals surface area contributed by atoms with Gasteiger partial charge in [0.15, 0.2) is 5.78 Å². The van der Waals surface area contributed by atoms with Crippen molar-refractivity contribution < 1.29 is 4.79 Å². The van der Waals surface area contributed by atoms with Crippen LogP contribution in [0.15, 0.2) is 29.3 Å². The minimum atomic E-state index is 0.222. The van der Waals surface area contributed by atoms with Gasteiger partial charge in [0.1, 0.15) is 5.84 Å². The summed E-state index contributed by atoms with van der Waals surface area (Å²) in [5.41, 5.74) is 1.76. The van der Waals surface area contributed by atoms with Gasteiger partial charge in [-0.3, -0.25) is 9.79 Å². The van der Waals surface area contributed by atoms with E-state index in [2.05, 4.69) is 15.6 Å². The van der Waals surface area contributed by atoms with Crippen molar-refractivity contribution >= 4 is 17.3 Å². The summed E-state index contributed by atoms with van der Waals surface area (Å²) < 4.78 is 0. The molecule has 20 heavy (non-hydrogen) atoms. The van der Waals surface area contributed by atoms with Crippen molar-refractivity contribution in [3.05, 3.63) is 29.8 Å². The Morgan fingerprint density at radius 1 is 1.30 bits per heavy atom. The van der Waals surface area contributed by atoms with Crippen LogP contribution >= 0.6 is 0 Å². The van der Waals surface area contributed by atoms with Crippen molar-refractivity contribution in [2.45, 2.75) is 25.7 Å². The molecule has 1 aromatic rings. The van der Waals surface area contributed by atoms with Gasteiger partial charge in [0, 0.05) is 23.7 Å². The predicted octanol–water partition coefficient (Wildman–Crippen LogP) is 2.47. The predicted molar refractivity (Wildman–Crippen MR) is 81.5 cm³/mol. The van der Waals surface area contributed by atoms with E-state index < -0.39 is 0 Å². The second-order valence-electron chi connectivity index (χ2n) is 5.50. The van der Waals surface area contributed by atoms with Crippen LogP contribution in [0.4, 0.5) is 5.69 Å². The molecule has 0 spiro atoms. The number of hydrogen-bond donors (Lipinski definition) is 2. The van der Waals surface area contributed by atoms with E-state index in [4.69, 9.17) is 0 Å². The lowest BCUT2D eigenvalue weighted by Gasteiger charge is -2.14. The van der Waals surface area contributed by atoms with Gasteiger partial charge >= 0.3 is 0 Å². The third-order valence-electron chi connectivity index (χ3n) is 4.11. The van der Waals surface area contributed by atoms with E-state index >= 15 is 0 Å². The molecule has 0 amide bonds. The van der Waals surface area contributed by atoms with Gasteiger partial charge in [-0.25, -0.2) is 0 Å². The zero-order valence-corrected chi connectivity index (χ0v) is 11.7. The normalized spacial score (nSPS) is 18.7. The van der Waals surface area contributed by atoms with Crippen molar-refractivity contribution in [2.75, 3.05) is 25.0 Å². The molecular weight excluding hydrogens is 250 g/mol. The number of ketones is 1. The average molecular weight is 271 g/mol. The van der Waals surface area contributed by atoms with Crippen LogP contribution in [0.3, 0.4) is 0 Å². The summed E-state index contributed by atoms with van der Waals surface area (Å²) in [5.74, 6) is 1.50. The number of anilines is 1. The number of carbonyl (C=O) groups is 1. The average Bonchev–Trinajstić information content (AvgIpc) is 3.18. The first-order chi connectivity index (χ1) is 9.84. The van der Waals surface area contributed by atoms with Gasteiger partial charge in [0.2, 0.25) is 0 Å². The number of aliphatic imine (C=N–C) groups is 1. The van der Waals surface area contributed by atoms with Gasteiger partial charge in [0.25, 0.3) is 0 Å². The number of rotatable bonds is 5. The maximum absolute atomic E-state index is 12.6. The summed E-state index contributed by atoms with van der Waals surface area (Å²) in [6.45, 7) is 2.42. The lowest BCUT2D eigenvalue weighted by molar-refractivity contribution is 0.0923. The Balaban J connectivity index is 1.71. The van der Waals surface area contributed by atoms with Crippen LogP contribution < -0.4 is 10.6 Å². The van der Waals surface area contributed by atoms with E-state index in [1.54, 1.807) is 0 Å². The fourth-order valence-electron chi connectivity index (χ4n) is 3.00. The van der Waals surface area contributed by atoms with Crippen LogP contribution in [0.1, 0.15) is 36.0 Å². The molecule has 106 valence electrons. The maximum Gasteiger partial charge on any atom is 0.168 e. The van der Waals surface area contributed by atoms with Crippen LogP contribution in [-0.4, -0.2) is 31.3 Å². The van der Waals surface area contributed by atoms with Gasteiger partial charge in [-0.2, -0.15) is 0 Å². The molecule has 0 radical (unpaired) electrons. The number of nitrogens with one attached hydrogen (secondary N) is 2. The standard InChI is InChI=1S/C16H21N3O/c20-16(12-5-1-2-6-12)13-7-3-4-8-14(13)19-11-15-17-9-10-18-15/h3-4,7-8,12,19H,1-2,5-6,9-11H2,(H,17,18). The summed E-state index contributed by atoms with van der Waals surface area (Å²) in [4.78, 5) is 16.9. The van der Waals surface area contributed by atoms with E-state index in [0.29, 0.717) is 12.3 Å². The summed E-state index contributed by atoms with van der Waals surface area (Å²) in [6, 6.07) is 7.83. The van der Waals surface area contributed by atoms with Crippen LogP contribution in [0.2, 0.25) is 0 Å². The zero-order valence-electron chi connectivity index (χ0n) is 11.7. The molecule has 2 N–H and O–H groups in total. The highest BCUT2D eigenvalue weighted by atomic mass is 16.1. The smallest absolute Gasteiger partial charge is 0.168 e. The van der Waals surface area contributed by atoms with Crippen LogP contribution in [-0.2, 0) is 0 Å². The van der Waals surface area contributed by atoms with E-state index in [-0.39, 0.29) is 5.92 Å². The van der Waals surface area contributed by atoms with Gasteiger partial charge in [-0.15, -0.1) is 0 Å². The SMILES string of the molecule is O=C(c1ccccc1NCC1=NCCN1)C1CCCC1. The molecule has 1 aliphatic heterocycles. The zero-order chi connectivity index (χ0) is 13.8. The highest BCUT2D eigenvalue weighted by Crippen LogP contribution is 2.30. The molecule has 1 aliphatic carbocycles. The van der Waals surface area contributed by atoms with E-state index in [9.17, 15) is 4.79 Å². The van der Waals surface area contributed by atoms with E-state index in [0.717, 1.165) is 43.0 Å². The quantitative estimate of drug-likeness (QED) is 0.809. The lowest BCUT2D eigenvalue weighted by atomic mass is 9.95. The first-order valence-corrected chi connectivity index (χ1v) is 7.49. The van der Waals surface area contributed by atoms with Crippen molar-refractivity contribution in [2.24, 2.45) is 10.9 Å². The number of hydrogen-bond acceptors (Lipinski definition) is 4. The molecule has 1 saturated carbocycles. The van der Waals surface area contributed by atoms with Crippen LogP contribution in [0.5, 0.6) is 0 Å². The molecular formula is C16H21N3O. The molecule has 4 heteroatoms. The third-order valence-corrected chi connectivity index (χ3v) is 4.11. The second kappa shape index (κ2) is 6.07. The van der Waals surface area contributed by atoms with Crippen molar-refractivity contribution in [1.29, 1.82) is 0 Å². The number of nitrogens with zero attached hydrogens (tertiary/aromatic N) is 1. The highest BCUT2D eigenvalue weighted by molar-refractivity contribution is 6.03. The Hall–Kier alpha value is -1.84. The first-order valence-electron chi connectivity index (χ1n) is 7.49. The Bertz CT molecular complexity index is 518. The molecule has 0 saturated heterocycles. The topological polar surface area (TPSA) is 53.5 Å². The molecule has 0 bridgehead atoms. The lowest BCUT2D eigenvalue weighted by Crippen LogP contribution is -2.26. The minimum absolute atomic E-state index is 0.222. The Morgan fingerprint density at radius 2 is 2.10 bits per heavy atom. The van der Waals surface area contributed by atoms with Gasteiger partial charge in [-0.1, -0.05) is 25.0 Å². The van der Waals surface area contributed by atoms with E-state index in [1.807, 2.05) is 24.3 Å². The minimum Gasteiger partial charge on any atom is -0.377 e. The largest absolute Gasteiger partial charge is 0.377 e. The summed E-state index contributed by atoms with van der Waals surface area (Å²) >= 11 is 0. The summed E-state index contributed by atoms with van der Waals surface area (Å²) in [6.07, 6.45) is 4.46. The number of carbonyl (C=O) groups excluding carboxylic acids is 1. The molecule has 1 heterocycles. The Kier molecular flexibility index (Phi) is 4.00.